The van der Waals surface area contributed by atoms with E-state index in [0.717, 1.165) is 11.3 Å². The molecule has 9 heteroatoms. The maximum atomic E-state index is 12.6. The smallest absolute Gasteiger partial charge is 0.319 e. The van der Waals surface area contributed by atoms with Gasteiger partial charge < -0.3 is 11.1 Å². The van der Waals surface area contributed by atoms with Gasteiger partial charge in [-0.1, -0.05) is 23.2 Å². The van der Waals surface area contributed by atoms with Gasteiger partial charge in [-0.15, -0.1) is 0 Å². The molecule has 3 amide bonds. The van der Waals surface area contributed by atoms with E-state index >= 15 is 0 Å². The Morgan fingerprint density at radius 3 is 2.64 bits per heavy atom. The maximum Gasteiger partial charge on any atom is 0.319 e. The van der Waals surface area contributed by atoms with Crippen molar-refractivity contribution < 1.29 is 9.59 Å². The largest absolute Gasteiger partial charge is 0.351 e. The Balaban J connectivity index is 1.52. The summed E-state index contributed by atoms with van der Waals surface area (Å²) in [5.74, 6) is -0.305. The van der Waals surface area contributed by atoms with Crippen LogP contribution in [0.2, 0.25) is 10.0 Å². The Bertz CT molecular complexity index is 1100. The molecule has 0 spiro atoms. The van der Waals surface area contributed by atoms with E-state index in [1.807, 2.05) is 6.07 Å². The zero-order valence-electron chi connectivity index (χ0n) is 14.5. The van der Waals surface area contributed by atoms with Gasteiger partial charge in [-0.25, -0.2) is 9.48 Å². The minimum absolute atomic E-state index is 0.305. The summed E-state index contributed by atoms with van der Waals surface area (Å²) >= 11 is 12.1. The standard InChI is InChI=1S/C19H15Cl2N5O2/c20-13-1-3-17(15(21)8-13)26-10-12(9-23-26)18(27)24-14-2-4-16-11(7-14)5-6-25(16)19(22)28/h1-4,7-10H,5-6H2,(H2,22,28)(H,24,27). The number of carbonyl (C=O) groups excluding carboxylic acids is 2. The number of urea groups is 1. The van der Waals surface area contributed by atoms with Crippen LogP contribution in [0.1, 0.15) is 15.9 Å². The second-order valence-electron chi connectivity index (χ2n) is 6.31. The first kappa shape index (κ1) is 18.3. The average molecular weight is 416 g/mol. The molecule has 0 fully saturated rings. The molecule has 0 bridgehead atoms. The highest BCUT2D eigenvalue weighted by molar-refractivity contribution is 6.35. The lowest BCUT2D eigenvalue weighted by atomic mass is 10.1. The fourth-order valence-electron chi connectivity index (χ4n) is 3.15. The molecule has 1 aliphatic heterocycles. The van der Waals surface area contributed by atoms with Crippen LogP contribution in [0.25, 0.3) is 5.69 Å². The molecule has 0 saturated carbocycles. The molecule has 7 nitrogen and oxygen atoms in total. The van der Waals surface area contributed by atoms with Gasteiger partial charge in [-0.3, -0.25) is 9.69 Å². The van der Waals surface area contributed by atoms with E-state index in [4.69, 9.17) is 28.9 Å². The molecular weight excluding hydrogens is 401 g/mol. The van der Waals surface area contributed by atoms with Gasteiger partial charge in [0.15, 0.2) is 0 Å². The highest BCUT2D eigenvalue weighted by Crippen LogP contribution is 2.30. The minimum atomic E-state index is -0.483. The second-order valence-corrected chi connectivity index (χ2v) is 7.15. The number of nitrogens with one attached hydrogen (secondary N) is 1. The van der Waals surface area contributed by atoms with Crippen molar-refractivity contribution in [1.29, 1.82) is 0 Å². The average Bonchev–Trinajstić information content (AvgIpc) is 3.28. The van der Waals surface area contributed by atoms with Gasteiger partial charge in [-0.2, -0.15) is 5.10 Å². The normalized spacial score (nSPS) is 12.7. The number of benzene rings is 2. The first-order chi connectivity index (χ1) is 13.4. The third kappa shape index (κ3) is 3.42. The number of hydrogen-bond donors (Lipinski definition) is 2. The SMILES string of the molecule is NC(=O)N1CCc2cc(NC(=O)c3cnn(-c4ccc(Cl)cc4Cl)c3)ccc21. The van der Waals surface area contributed by atoms with E-state index in [1.54, 1.807) is 36.5 Å². The van der Waals surface area contributed by atoms with Crippen LogP contribution in [0.4, 0.5) is 16.2 Å². The topological polar surface area (TPSA) is 93.2 Å². The van der Waals surface area contributed by atoms with Crippen LogP contribution in [-0.2, 0) is 6.42 Å². The summed E-state index contributed by atoms with van der Waals surface area (Å²) in [7, 11) is 0. The van der Waals surface area contributed by atoms with Crippen molar-refractivity contribution in [3.8, 4) is 5.69 Å². The minimum Gasteiger partial charge on any atom is -0.351 e. The van der Waals surface area contributed by atoms with Gasteiger partial charge in [0.25, 0.3) is 5.91 Å². The Morgan fingerprint density at radius 2 is 1.89 bits per heavy atom. The molecule has 4 rings (SSSR count). The summed E-state index contributed by atoms with van der Waals surface area (Å²) in [6, 6.07) is 9.91. The lowest BCUT2D eigenvalue weighted by Crippen LogP contribution is -2.33. The van der Waals surface area contributed by atoms with Crippen LogP contribution >= 0.6 is 23.2 Å². The van der Waals surface area contributed by atoms with Gasteiger partial charge in [-0.05, 0) is 48.4 Å². The number of hydrogen-bond acceptors (Lipinski definition) is 3. The van der Waals surface area contributed by atoms with E-state index in [1.165, 1.54) is 15.8 Å². The second kappa shape index (κ2) is 7.18. The molecule has 3 N–H and O–H groups in total. The number of halogens is 2. The maximum absolute atomic E-state index is 12.6. The van der Waals surface area contributed by atoms with Crippen LogP contribution in [0.15, 0.2) is 48.8 Å². The van der Waals surface area contributed by atoms with Crippen molar-refractivity contribution in [2.24, 2.45) is 5.73 Å². The van der Waals surface area contributed by atoms with E-state index in [9.17, 15) is 9.59 Å². The number of nitrogens with two attached hydrogens (primary N) is 1. The molecule has 2 aromatic carbocycles. The Hall–Kier alpha value is -3.03. The van der Waals surface area contributed by atoms with Crippen molar-refractivity contribution in [3.63, 3.8) is 0 Å². The van der Waals surface area contributed by atoms with Crippen molar-refractivity contribution >= 4 is 46.5 Å². The zero-order chi connectivity index (χ0) is 19.8. The summed E-state index contributed by atoms with van der Waals surface area (Å²) in [4.78, 5) is 25.5. The monoisotopic (exact) mass is 415 g/mol. The van der Waals surface area contributed by atoms with Crippen LogP contribution in [0.5, 0.6) is 0 Å². The van der Waals surface area contributed by atoms with Gasteiger partial charge >= 0.3 is 6.03 Å². The third-order valence-corrected chi connectivity index (χ3v) is 5.04. The highest BCUT2D eigenvalue weighted by atomic mass is 35.5. The van der Waals surface area contributed by atoms with Crippen molar-refractivity contribution in [1.82, 2.24) is 9.78 Å². The van der Waals surface area contributed by atoms with E-state index in [2.05, 4.69) is 10.4 Å². The Labute approximate surface area is 170 Å². The van der Waals surface area contributed by atoms with Crippen LogP contribution in [-0.4, -0.2) is 28.3 Å². The molecule has 0 saturated heterocycles. The molecule has 28 heavy (non-hydrogen) atoms. The van der Waals surface area contributed by atoms with Gasteiger partial charge in [0.2, 0.25) is 0 Å². The molecule has 0 atom stereocenters. The molecule has 1 aliphatic rings. The zero-order valence-corrected chi connectivity index (χ0v) is 16.0. The van der Waals surface area contributed by atoms with Gasteiger partial charge in [0.05, 0.1) is 22.5 Å². The van der Waals surface area contributed by atoms with Crippen LogP contribution in [0.3, 0.4) is 0 Å². The first-order valence-electron chi connectivity index (χ1n) is 8.44. The number of aromatic nitrogens is 2. The van der Waals surface area contributed by atoms with Crippen molar-refractivity contribution in [2.75, 3.05) is 16.8 Å². The van der Waals surface area contributed by atoms with Crippen molar-refractivity contribution in [2.45, 2.75) is 6.42 Å². The third-order valence-electron chi connectivity index (χ3n) is 4.50. The highest BCUT2D eigenvalue weighted by Gasteiger charge is 2.23. The molecule has 0 aliphatic carbocycles. The Kier molecular flexibility index (Phi) is 4.70. The number of fused-ring (bicyclic) bond motifs is 1. The fraction of sp³-hybridized carbons (Fsp3) is 0.105. The van der Waals surface area contributed by atoms with E-state index in [0.29, 0.717) is 39.9 Å². The molecule has 0 radical (unpaired) electrons. The van der Waals surface area contributed by atoms with Crippen molar-refractivity contribution in [3.05, 3.63) is 70.0 Å². The summed E-state index contributed by atoms with van der Waals surface area (Å²) in [6.07, 6.45) is 3.74. The number of rotatable bonds is 3. The number of nitrogens with zero attached hydrogens (tertiary/aromatic N) is 3. The summed E-state index contributed by atoms with van der Waals surface area (Å²) in [5.41, 5.74) is 8.73. The predicted molar refractivity (Wildman–Crippen MR) is 109 cm³/mol. The number of primary amides is 1. The molecule has 1 aromatic heterocycles. The molecule has 0 unspecified atom stereocenters. The lowest BCUT2D eigenvalue weighted by molar-refractivity contribution is 0.102. The Morgan fingerprint density at radius 1 is 1.11 bits per heavy atom. The van der Waals surface area contributed by atoms with Gasteiger partial charge in [0.1, 0.15) is 0 Å². The molecule has 3 aromatic rings. The summed E-state index contributed by atoms with van der Waals surface area (Å²) < 4.78 is 1.51. The number of amides is 3. The summed E-state index contributed by atoms with van der Waals surface area (Å²) in [6.45, 7) is 0.538. The predicted octanol–water partition coefficient (Wildman–Crippen LogP) is 3.87. The summed E-state index contributed by atoms with van der Waals surface area (Å²) in [5, 5.41) is 7.99. The molecular formula is C19H15Cl2N5O2. The van der Waals surface area contributed by atoms with Crippen LogP contribution in [0, 0.1) is 0 Å². The molecule has 2 heterocycles. The van der Waals surface area contributed by atoms with Crippen LogP contribution < -0.4 is 16.0 Å². The fourth-order valence-corrected chi connectivity index (χ4v) is 3.65. The lowest BCUT2D eigenvalue weighted by Gasteiger charge is -2.14. The van der Waals surface area contributed by atoms with E-state index in [-0.39, 0.29) is 5.91 Å². The number of carbonyl (C=O) groups is 2. The number of anilines is 2. The quantitative estimate of drug-likeness (QED) is 0.679. The first-order valence-corrected chi connectivity index (χ1v) is 9.19. The van der Waals surface area contributed by atoms with E-state index < -0.39 is 6.03 Å². The van der Waals surface area contributed by atoms with Gasteiger partial charge in [0, 0.05) is 29.1 Å². The molecule has 142 valence electrons.